The molecular formula is C14H24O. The molecule has 0 amide bonds. The topological polar surface area (TPSA) is 17.1 Å². The summed E-state index contributed by atoms with van der Waals surface area (Å²) in [6, 6.07) is 0. The first-order valence-corrected chi connectivity index (χ1v) is 6.82. The summed E-state index contributed by atoms with van der Waals surface area (Å²) in [6.45, 7) is 2.26. The molecule has 2 rings (SSSR count). The van der Waals surface area contributed by atoms with Crippen LogP contribution in [0.3, 0.4) is 0 Å². The third kappa shape index (κ3) is 2.83. The second kappa shape index (κ2) is 5.14. The van der Waals surface area contributed by atoms with Crippen LogP contribution in [0.15, 0.2) is 0 Å². The number of hydrogen-bond acceptors (Lipinski definition) is 1. The van der Waals surface area contributed by atoms with Crippen molar-refractivity contribution in [3.63, 3.8) is 0 Å². The highest BCUT2D eigenvalue weighted by molar-refractivity contribution is 5.81. The highest BCUT2D eigenvalue weighted by Gasteiger charge is 2.30. The Kier molecular flexibility index (Phi) is 3.82. The molecular weight excluding hydrogens is 184 g/mol. The van der Waals surface area contributed by atoms with Crippen molar-refractivity contribution in [1.29, 1.82) is 0 Å². The minimum atomic E-state index is 0.440. The maximum Gasteiger partial charge on any atom is 0.136 e. The number of hydrogen-bond donors (Lipinski definition) is 0. The van der Waals surface area contributed by atoms with Gasteiger partial charge in [0, 0.05) is 12.3 Å². The quantitative estimate of drug-likeness (QED) is 0.683. The molecule has 0 radical (unpaired) electrons. The van der Waals surface area contributed by atoms with Gasteiger partial charge in [0.25, 0.3) is 0 Å². The van der Waals surface area contributed by atoms with Crippen molar-refractivity contribution in [3.8, 4) is 0 Å². The molecule has 15 heavy (non-hydrogen) atoms. The molecule has 0 N–H and O–H groups in total. The van der Waals surface area contributed by atoms with E-state index >= 15 is 0 Å². The summed E-state index contributed by atoms with van der Waals surface area (Å²) in [5, 5.41) is 0. The lowest BCUT2D eigenvalue weighted by Crippen LogP contribution is -2.14. The first-order valence-electron chi connectivity index (χ1n) is 6.82. The Morgan fingerprint density at radius 1 is 1.07 bits per heavy atom. The minimum Gasteiger partial charge on any atom is -0.299 e. The van der Waals surface area contributed by atoms with Crippen LogP contribution in [-0.4, -0.2) is 5.78 Å². The molecule has 1 nitrogen and oxygen atoms in total. The molecule has 2 saturated carbocycles. The molecule has 0 aliphatic heterocycles. The Balaban J connectivity index is 1.76. The van der Waals surface area contributed by atoms with Gasteiger partial charge in [0.1, 0.15) is 5.78 Å². The number of carbonyl (C=O) groups is 1. The van der Waals surface area contributed by atoms with Crippen LogP contribution >= 0.6 is 0 Å². The Morgan fingerprint density at radius 2 is 1.80 bits per heavy atom. The van der Waals surface area contributed by atoms with Crippen molar-refractivity contribution < 1.29 is 4.79 Å². The molecule has 2 fully saturated rings. The molecule has 1 heteroatoms. The second-order valence-corrected chi connectivity index (χ2v) is 5.61. The average molecular weight is 208 g/mol. The number of ketones is 1. The van der Waals surface area contributed by atoms with E-state index in [0.717, 1.165) is 18.3 Å². The molecule has 86 valence electrons. The predicted octanol–water partition coefficient (Wildman–Crippen LogP) is 3.96. The van der Waals surface area contributed by atoms with Crippen LogP contribution in [0.1, 0.15) is 64.7 Å². The Bertz CT molecular complexity index is 215. The van der Waals surface area contributed by atoms with E-state index in [1.807, 2.05) is 0 Å². The van der Waals surface area contributed by atoms with Gasteiger partial charge in [-0.2, -0.15) is 0 Å². The number of carbonyl (C=O) groups excluding carboxylic acids is 1. The van der Waals surface area contributed by atoms with Crippen molar-refractivity contribution in [2.75, 3.05) is 0 Å². The normalized spacial score (nSPS) is 32.3. The summed E-state index contributed by atoms with van der Waals surface area (Å²) in [5.41, 5.74) is 0. The molecule has 0 aromatic rings. The van der Waals surface area contributed by atoms with Gasteiger partial charge in [-0.15, -0.1) is 0 Å². The zero-order valence-corrected chi connectivity index (χ0v) is 10.0. The standard InChI is InChI=1S/C14H24O/c1-2-11-7-8-13(9-11)14(15)10-12-5-3-4-6-12/h11-13H,2-10H2,1H3. The lowest BCUT2D eigenvalue weighted by atomic mass is 9.91. The van der Waals surface area contributed by atoms with Gasteiger partial charge in [-0.25, -0.2) is 0 Å². The van der Waals surface area contributed by atoms with Crippen molar-refractivity contribution >= 4 is 5.78 Å². The van der Waals surface area contributed by atoms with E-state index in [0.29, 0.717) is 11.7 Å². The highest BCUT2D eigenvalue weighted by atomic mass is 16.1. The van der Waals surface area contributed by atoms with Gasteiger partial charge < -0.3 is 0 Å². The SMILES string of the molecule is CCC1CCC(C(=O)CC2CCCC2)C1. The van der Waals surface area contributed by atoms with Gasteiger partial charge in [0.2, 0.25) is 0 Å². The Morgan fingerprint density at radius 3 is 2.40 bits per heavy atom. The van der Waals surface area contributed by atoms with Crippen LogP contribution in [0.4, 0.5) is 0 Å². The van der Waals surface area contributed by atoms with E-state index in [2.05, 4.69) is 6.92 Å². The van der Waals surface area contributed by atoms with E-state index in [1.54, 1.807) is 0 Å². The van der Waals surface area contributed by atoms with Crippen molar-refractivity contribution in [2.45, 2.75) is 64.7 Å². The van der Waals surface area contributed by atoms with Crippen LogP contribution in [0.2, 0.25) is 0 Å². The van der Waals surface area contributed by atoms with Gasteiger partial charge >= 0.3 is 0 Å². The average Bonchev–Trinajstić information content (AvgIpc) is 2.86. The van der Waals surface area contributed by atoms with Crippen molar-refractivity contribution in [2.24, 2.45) is 17.8 Å². The van der Waals surface area contributed by atoms with Crippen LogP contribution in [-0.2, 0) is 4.79 Å². The monoisotopic (exact) mass is 208 g/mol. The molecule has 2 unspecified atom stereocenters. The maximum atomic E-state index is 12.1. The fourth-order valence-corrected chi connectivity index (χ4v) is 3.40. The van der Waals surface area contributed by atoms with Crippen LogP contribution in [0.5, 0.6) is 0 Å². The fourth-order valence-electron chi connectivity index (χ4n) is 3.40. The summed E-state index contributed by atoms with van der Waals surface area (Å²) >= 11 is 0. The Labute approximate surface area is 93.6 Å². The molecule has 0 bridgehead atoms. The summed E-state index contributed by atoms with van der Waals surface area (Å²) in [5.74, 6) is 2.63. The molecule has 2 aliphatic rings. The molecule has 2 aliphatic carbocycles. The molecule has 0 saturated heterocycles. The van der Waals surface area contributed by atoms with E-state index in [-0.39, 0.29) is 0 Å². The van der Waals surface area contributed by atoms with E-state index in [9.17, 15) is 4.79 Å². The zero-order valence-electron chi connectivity index (χ0n) is 10.0. The Hall–Kier alpha value is -0.330. The molecule has 0 aromatic heterocycles. The molecule has 0 spiro atoms. The number of Topliss-reactive ketones (excluding diaryl/α,β-unsaturated/α-hetero) is 1. The fraction of sp³-hybridized carbons (Fsp3) is 0.929. The van der Waals surface area contributed by atoms with Gasteiger partial charge in [0.05, 0.1) is 0 Å². The van der Waals surface area contributed by atoms with E-state index < -0.39 is 0 Å². The van der Waals surface area contributed by atoms with Gasteiger partial charge in [0.15, 0.2) is 0 Å². The molecule has 2 atom stereocenters. The third-order valence-corrected chi connectivity index (χ3v) is 4.54. The van der Waals surface area contributed by atoms with E-state index in [1.165, 1.54) is 51.4 Å². The van der Waals surface area contributed by atoms with Crippen molar-refractivity contribution in [3.05, 3.63) is 0 Å². The summed E-state index contributed by atoms with van der Waals surface area (Å²) < 4.78 is 0. The van der Waals surface area contributed by atoms with Gasteiger partial charge in [-0.1, -0.05) is 39.0 Å². The first-order chi connectivity index (χ1) is 7.29. The number of rotatable bonds is 4. The second-order valence-electron chi connectivity index (χ2n) is 5.61. The largest absolute Gasteiger partial charge is 0.299 e. The summed E-state index contributed by atoms with van der Waals surface area (Å²) in [4.78, 5) is 12.1. The minimum absolute atomic E-state index is 0.440. The maximum absolute atomic E-state index is 12.1. The van der Waals surface area contributed by atoms with Gasteiger partial charge in [-0.05, 0) is 31.1 Å². The lowest BCUT2D eigenvalue weighted by molar-refractivity contribution is -0.123. The summed E-state index contributed by atoms with van der Waals surface area (Å²) in [6.07, 6.45) is 11.2. The van der Waals surface area contributed by atoms with Crippen molar-refractivity contribution in [1.82, 2.24) is 0 Å². The van der Waals surface area contributed by atoms with Crippen LogP contribution in [0.25, 0.3) is 0 Å². The first kappa shape index (κ1) is 11.2. The molecule has 0 aromatic carbocycles. The lowest BCUT2D eigenvalue weighted by Gasteiger charge is -2.12. The predicted molar refractivity (Wildman–Crippen MR) is 62.7 cm³/mol. The van der Waals surface area contributed by atoms with Crippen LogP contribution in [0, 0.1) is 17.8 Å². The summed E-state index contributed by atoms with van der Waals surface area (Å²) in [7, 11) is 0. The van der Waals surface area contributed by atoms with Crippen LogP contribution < -0.4 is 0 Å². The third-order valence-electron chi connectivity index (χ3n) is 4.54. The van der Waals surface area contributed by atoms with E-state index in [4.69, 9.17) is 0 Å². The molecule has 0 heterocycles. The van der Waals surface area contributed by atoms with Gasteiger partial charge in [-0.3, -0.25) is 4.79 Å². The smallest absolute Gasteiger partial charge is 0.136 e. The highest BCUT2D eigenvalue weighted by Crippen LogP contribution is 2.36. The zero-order chi connectivity index (χ0) is 10.7.